The van der Waals surface area contributed by atoms with Gasteiger partial charge in [0.15, 0.2) is 11.7 Å². The third-order valence-electron chi connectivity index (χ3n) is 3.88. The average Bonchev–Trinajstić information content (AvgIpc) is 3.24. The summed E-state index contributed by atoms with van der Waals surface area (Å²) in [6.07, 6.45) is 1.71. The fourth-order valence-corrected chi connectivity index (χ4v) is 3.40. The van der Waals surface area contributed by atoms with Gasteiger partial charge in [0, 0.05) is 29.5 Å². The van der Waals surface area contributed by atoms with Crippen LogP contribution >= 0.6 is 11.3 Å². The average molecular weight is 401 g/mol. The highest BCUT2D eigenvalue weighted by Gasteiger charge is 2.17. The maximum absolute atomic E-state index is 12.3. The van der Waals surface area contributed by atoms with Crippen molar-refractivity contribution in [3.8, 4) is 0 Å². The van der Waals surface area contributed by atoms with E-state index in [0.717, 1.165) is 10.9 Å². The second-order valence-corrected chi connectivity index (χ2v) is 6.78. The Morgan fingerprint density at radius 3 is 2.79 bits per heavy atom. The molecule has 3 rings (SSSR count). The van der Waals surface area contributed by atoms with E-state index in [1.807, 2.05) is 35.9 Å². The van der Waals surface area contributed by atoms with Gasteiger partial charge in [-0.05, 0) is 13.0 Å². The number of aromatic nitrogens is 2. The highest BCUT2D eigenvalue weighted by Crippen LogP contribution is 2.21. The Morgan fingerprint density at radius 2 is 2.00 bits per heavy atom. The molecule has 9 heteroatoms. The second-order valence-electron chi connectivity index (χ2n) is 5.92. The lowest BCUT2D eigenvalue weighted by molar-refractivity contribution is -0.142. The third-order valence-corrected chi connectivity index (χ3v) is 4.69. The van der Waals surface area contributed by atoms with Crippen molar-refractivity contribution in [2.75, 3.05) is 18.5 Å². The van der Waals surface area contributed by atoms with Crippen LogP contribution in [0.4, 0.5) is 5.13 Å². The summed E-state index contributed by atoms with van der Waals surface area (Å²) >= 11 is 1.18. The molecule has 0 saturated heterocycles. The standard InChI is InChI=1S/C19H19N3O5S/c1-3-26-17(24)8-12-11-28-19(20-12)21-16(23)10-27-18(25)14-9-22(2)15-7-5-4-6-13(14)15/h4-7,9,11H,3,8,10H2,1-2H3,(H,20,21,23). The topological polar surface area (TPSA) is 99.5 Å². The number of aryl methyl sites for hydroxylation is 1. The molecule has 0 aliphatic rings. The number of carbonyl (C=O) groups excluding carboxylic acids is 3. The molecule has 0 radical (unpaired) electrons. The van der Waals surface area contributed by atoms with Crippen molar-refractivity contribution in [2.45, 2.75) is 13.3 Å². The van der Waals surface area contributed by atoms with Crippen LogP contribution in [-0.2, 0) is 32.5 Å². The van der Waals surface area contributed by atoms with Crippen LogP contribution in [0.5, 0.6) is 0 Å². The zero-order valence-electron chi connectivity index (χ0n) is 15.4. The van der Waals surface area contributed by atoms with Crippen molar-refractivity contribution in [2.24, 2.45) is 7.05 Å². The molecule has 1 N–H and O–H groups in total. The lowest BCUT2D eigenvalue weighted by Crippen LogP contribution is -2.20. The summed E-state index contributed by atoms with van der Waals surface area (Å²) in [5.41, 5.74) is 1.80. The van der Waals surface area contributed by atoms with E-state index in [4.69, 9.17) is 9.47 Å². The molecule has 8 nitrogen and oxygen atoms in total. The molecular formula is C19H19N3O5S. The zero-order valence-corrected chi connectivity index (χ0v) is 16.2. The van der Waals surface area contributed by atoms with E-state index in [-0.39, 0.29) is 12.4 Å². The van der Waals surface area contributed by atoms with Gasteiger partial charge in [0.25, 0.3) is 5.91 Å². The van der Waals surface area contributed by atoms with Gasteiger partial charge in [-0.2, -0.15) is 0 Å². The van der Waals surface area contributed by atoms with Gasteiger partial charge in [-0.1, -0.05) is 18.2 Å². The van der Waals surface area contributed by atoms with Crippen molar-refractivity contribution in [3.63, 3.8) is 0 Å². The molecule has 0 bridgehead atoms. The molecule has 0 fully saturated rings. The number of amides is 1. The minimum absolute atomic E-state index is 0.0380. The van der Waals surface area contributed by atoms with Gasteiger partial charge in [-0.15, -0.1) is 11.3 Å². The first-order chi connectivity index (χ1) is 13.5. The molecule has 0 spiro atoms. The van der Waals surface area contributed by atoms with Crippen molar-refractivity contribution in [1.82, 2.24) is 9.55 Å². The van der Waals surface area contributed by atoms with Crippen LogP contribution in [0.15, 0.2) is 35.8 Å². The van der Waals surface area contributed by atoms with Crippen molar-refractivity contribution < 1.29 is 23.9 Å². The molecule has 146 valence electrons. The van der Waals surface area contributed by atoms with Gasteiger partial charge < -0.3 is 14.0 Å². The quantitative estimate of drug-likeness (QED) is 0.611. The van der Waals surface area contributed by atoms with E-state index < -0.39 is 18.5 Å². The van der Waals surface area contributed by atoms with Gasteiger partial charge in [-0.25, -0.2) is 9.78 Å². The molecule has 28 heavy (non-hydrogen) atoms. The van der Waals surface area contributed by atoms with E-state index in [2.05, 4.69) is 10.3 Å². The molecule has 0 aliphatic carbocycles. The summed E-state index contributed by atoms with van der Waals surface area (Å²) in [5, 5.41) is 5.30. The highest BCUT2D eigenvalue weighted by atomic mass is 32.1. The second kappa shape index (κ2) is 8.66. The van der Waals surface area contributed by atoms with Crippen molar-refractivity contribution in [3.05, 3.63) is 47.1 Å². The molecule has 3 aromatic rings. The molecule has 2 aromatic heterocycles. The number of hydrogen-bond donors (Lipinski definition) is 1. The Balaban J connectivity index is 1.55. The van der Waals surface area contributed by atoms with Crippen LogP contribution < -0.4 is 5.32 Å². The Hall–Kier alpha value is -3.20. The first-order valence-corrected chi connectivity index (χ1v) is 9.47. The van der Waals surface area contributed by atoms with Crippen LogP contribution in [0.1, 0.15) is 23.0 Å². The first kappa shape index (κ1) is 19.6. The van der Waals surface area contributed by atoms with Gasteiger partial charge in [0.2, 0.25) is 0 Å². The number of rotatable bonds is 7. The van der Waals surface area contributed by atoms with E-state index >= 15 is 0 Å². The number of ether oxygens (including phenoxy) is 2. The molecule has 2 heterocycles. The van der Waals surface area contributed by atoms with Crippen LogP contribution in [0.2, 0.25) is 0 Å². The summed E-state index contributed by atoms with van der Waals surface area (Å²) in [6.45, 7) is 1.59. The molecule has 0 atom stereocenters. The minimum atomic E-state index is -0.575. The number of anilines is 1. The Kier molecular flexibility index (Phi) is 6.05. The molecule has 0 unspecified atom stereocenters. The number of para-hydroxylation sites is 1. The number of hydrogen-bond acceptors (Lipinski definition) is 7. The monoisotopic (exact) mass is 401 g/mol. The van der Waals surface area contributed by atoms with Crippen molar-refractivity contribution in [1.29, 1.82) is 0 Å². The predicted octanol–water partition coefficient (Wildman–Crippen LogP) is 2.54. The lowest BCUT2D eigenvalue weighted by atomic mass is 10.2. The minimum Gasteiger partial charge on any atom is -0.466 e. The predicted molar refractivity (Wildman–Crippen MR) is 104 cm³/mol. The maximum atomic E-state index is 12.3. The maximum Gasteiger partial charge on any atom is 0.340 e. The number of carbonyl (C=O) groups is 3. The van der Waals surface area contributed by atoms with Crippen LogP contribution in [-0.4, -0.2) is 40.6 Å². The summed E-state index contributed by atoms with van der Waals surface area (Å²) in [6, 6.07) is 7.44. The largest absolute Gasteiger partial charge is 0.466 e. The van der Waals surface area contributed by atoms with E-state index in [0.29, 0.717) is 23.0 Å². The summed E-state index contributed by atoms with van der Waals surface area (Å²) in [5.74, 6) is -1.46. The fourth-order valence-electron chi connectivity index (χ4n) is 2.67. The SMILES string of the molecule is CCOC(=O)Cc1csc(NC(=O)COC(=O)c2cn(C)c3ccccc23)n1. The highest BCUT2D eigenvalue weighted by molar-refractivity contribution is 7.13. The lowest BCUT2D eigenvalue weighted by Gasteiger charge is -2.04. The van der Waals surface area contributed by atoms with Gasteiger partial charge in [0.1, 0.15) is 0 Å². The number of nitrogens with zero attached hydrogens (tertiary/aromatic N) is 2. The van der Waals surface area contributed by atoms with E-state index in [9.17, 15) is 14.4 Å². The Labute approximate surface area is 165 Å². The summed E-state index contributed by atoms with van der Waals surface area (Å²) in [4.78, 5) is 40.0. The molecule has 0 saturated carbocycles. The number of fused-ring (bicyclic) bond motifs is 1. The van der Waals surface area contributed by atoms with E-state index in [1.165, 1.54) is 11.3 Å². The molecule has 1 amide bonds. The zero-order chi connectivity index (χ0) is 20.1. The third kappa shape index (κ3) is 4.55. The number of thiazole rings is 1. The molecule has 1 aromatic carbocycles. The normalized spacial score (nSPS) is 10.6. The Morgan fingerprint density at radius 1 is 1.21 bits per heavy atom. The van der Waals surface area contributed by atoms with Crippen LogP contribution in [0.25, 0.3) is 10.9 Å². The summed E-state index contributed by atoms with van der Waals surface area (Å²) in [7, 11) is 1.84. The molecular weight excluding hydrogens is 382 g/mol. The fraction of sp³-hybridized carbons (Fsp3) is 0.263. The summed E-state index contributed by atoms with van der Waals surface area (Å²) < 4.78 is 11.8. The van der Waals surface area contributed by atoms with Crippen molar-refractivity contribution >= 4 is 45.2 Å². The number of esters is 2. The van der Waals surface area contributed by atoms with Crippen LogP contribution in [0.3, 0.4) is 0 Å². The van der Waals surface area contributed by atoms with Gasteiger partial charge in [0.05, 0.1) is 24.3 Å². The van der Waals surface area contributed by atoms with Gasteiger partial charge in [-0.3, -0.25) is 14.9 Å². The number of benzene rings is 1. The smallest absolute Gasteiger partial charge is 0.340 e. The first-order valence-electron chi connectivity index (χ1n) is 8.59. The van der Waals surface area contributed by atoms with Crippen LogP contribution in [0, 0.1) is 0 Å². The number of nitrogens with one attached hydrogen (secondary N) is 1. The molecule has 0 aliphatic heterocycles. The van der Waals surface area contributed by atoms with E-state index in [1.54, 1.807) is 18.5 Å². The van der Waals surface area contributed by atoms with Gasteiger partial charge >= 0.3 is 11.9 Å². The Bertz CT molecular complexity index is 1020.